The van der Waals surface area contributed by atoms with Gasteiger partial charge in [-0.05, 0) is 259 Å². The molecule has 4 aliphatic heterocycles. The Morgan fingerprint density at radius 1 is 0.304 bits per heavy atom. The molecule has 0 radical (unpaired) electrons. The monoisotopic (exact) mass is 1420 g/mol. The summed E-state index contributed by atoms with van der Waals surface area (Å²) in [6, 6.07) is 0. The molecule has 18 nitrogen and oxygen atoms in total. The number of carbonyl (C=O) groups is 9. The molecule has 16 aliphatic rings. The molecule has 3 unspecified atom stereocenters. The van der Waals surface area contributed by atoms with Crippen molar-refractivity contribution in [3.05, 3.63) is 0 Å². The number of hydrogen-bond acceptors (Lipinski definition) is 18. The van der Waals surface area contributed by atoms with Gasteiger partial charge in [0, 0.05) is 94.8 Å². The fourth-order valence-corrected chi connectivity index (χ4v) is 29.0. The first-order valence-electron chi connectivity index (χ1n) is 40.7. The van der Waals surface area contributed by atoms with Crippen molar-refractivity contribution >= 4 is 53.7 Å². The van der Waals surface area contributed by atoms with Gasteiger partial charge in [0.25, 0.3) is 0 Å². The van der Waals surface area contributed by atoms with Gasteiger partial charge in [0.05, 0.1) is 0 Å². The van der Waals surface area contributed by atoms with Crippen molar-refractivity contribution in [1.82, 2.24) is 0 Å². The molecule has 0 spiro atoms. The Bertz CT molecular complexity index is 2890. The van der Waals surface area contributed by atoms with Gasteiger partial charge in [-0.3, -0.25) is 43.2 Å². The van der Waals surface area contributed by atoms with E-state index >= 15 is 0 Å². The second-order valence-electron chi connectivity index (χ2n) is 38.0. The number of hydrogen-bond donors (Lipinski definition) is 0. The number of ether oxygens (including phenoxy) is 9. The minimum atomic E-state index is -0.460. The zero-order valence-corrected chi connectivity index (χ0v) is 64.5. The minimum absolute atomic E-state index is 0.0252. The lowest BCUT2D eigenvalue weighted by Gasteiger charge is -2.64. The van der Waals surface area contributed by atoms with E-state index < -0.39 is 34.6 Å². The van der Waals surface area contributed by atoms with Crippen molar-refractivity contribution in [1.29, 1.82) is 0 Å². The van der Waals surface area contributed by atoms with E-state index in [1.54, 1.807) is 0 Å². The summed E-state index contributed by atoms with van der Waals surface area (Å²) in [6.07, 6.45) is 14.9. The second kappa shape index (κ2) is 28.4. The molecule has 0 aromatic heterocycles. The maximum atomic E-state index is 14.4. The predicted molar refractivity (Wildman–Crippen MR) is 376 cm³/mol. The third-order valence-electron chi connectivity index (χ3n) is 33.5. The van der Waals surface area contributed by atoms with Gasteiger partial charge >= 0.3 is 53.7 Å². The quantitative estimate of drug-likeness (QED) is 0.177. The normalized spacial score (nSPS) is 49.9. The van der Waals surface area contributed by atoms with Crippen LogP contribution in [-0.2, 0) is 85.8 Å². The highest BCUT2D eigenvalue weighted by molar-refractivity contribution is 5.71. The standard InChI is InChI=1S/C84H126O18/c1-43-16-25-73(91)100-55-28-31-80(11)52(34-55)38-68(95-47(5)86)77-62-23-20-59(83(62,14)71(41-65(77)80)98-50(8)89)45(3)18-27-75(93)102-57-30-33-81(12)54(36-57)39-69(96-48(6)87)78-63-24-21-60(84(63,15)72(42-66(78)81)99-51(9)90)44(2)17-26-74(92)101-56-29-32-79(10)53(35-56)37-67(94-46(4)85)76-61-22-19-58(43)82(61,13)70(40-64(76)79)97-49(7)88/h43-45,52-72,76-78H,16-42H2,1-15H3/t43-,44-,45-,52+,53+,54+,55-,56-,57-,58-,59-,60-,61?,62?,63?,64+,65+,66+,67-,68-,69-,70+,71+,72+,76+,77+,78+,79+,80+,81+,82-,83-,84-/m1/s1. The summed E-state index contributed by atoms with van der Waals surface area (Å²) < 4.78 is 58.8. The van der Waals surface area contributed by atoms with E-state index in [0.717, 1.165) is 57.8 Å². The average Bonchev–Trinajstić information content (AvgIpc) is 1.35. The summed E-state index contributed by atoms with van der Waals surface area (Å²) in [7, 11) is 0. The molecule has 4 heterocycles. The molecule has 12 aliphatic carbocycles. The third-order valence-corrected chi connectivity index (χ3v) is 33.5. The van der Waals surface area contributed by atoms with Crippen molar-refractivity contribution in [2.75, 3.05) is 0 Å². The first-order chi connectivity index (χ1) is 48.1. The molecule has 16 fully saturated rings. The molecular weight excluding hydrogens is 1300 g/mol. The second-order valence-corrected chi connectivity index (χ2v) is 38.0. The fraction of sp³-hybridized carbons (Fsp3) is 0.893. The Labute approximate surface area is 607 Å². The summed E-state index contributed by atoms with van der Waals surface area (Å²) in [6.45, 7) is 29.8. The molecule has 18 heteroatoms. The molecule has 4 saturated heterocycles. The van der Waals surface area contributed by atoms with E-state index in [-0.39, 0.29) is 232 Å². The van der Waals surface area contributed by atoms with E-state index in [9.17, 15) is 43.2 Å². The molecule has 15 bridgehead atoms. The van der Waals surface area contributed by atoms with E-state index in [2.05, 4.69) is 62.3 Å². The smallest absolute Gasteiger partial charge is 0.306 e. The summed E-state index contributed by atoms with van der Waals surface area (Å²) in [5, 5.41) is 0. The topological polar surface area (TPSA) is 237 Å². The first-order valence-corrected chi connectivity index (χ1v) is 40.7. The first kappa shape index (κ1) is 75.5. The SMILES string of the molecule is CC(=O)O[C@H]1C[C@H]2[C@@H]3C4CC[C@H]([C@H](C)CCC(=O)O[C@@H]5CC[C@@]6(C)[C@@H](C5)C[C@@H](OC(C)=O)[C@H]5C7CC[C@H]([C@H](C)CCC(=O)O[C@@H]8CC[C@@]9(C)[C@@H](C8)C[C@@H](OC(C)=O)[C@H]8C%10CC[C@H]([C@H](C)CCC(=O)O[C@@H]%11CC[C@@]2(C)[C@@H](C%11)C[C@H]3OC(C)=O)[C@@]%10(C)[C@@H](OC(C)=O)C[C@@H]89)[C@@]7(C)[C@@H](OC(C)=O)C[C@@H]56)[C@]41C. The van der Waals surface area contributed by atoms with Crippen LogP contribution in [0.3, 0.4) is 0 Å². The largest absolute Gasteiger partial charge is 0.462 e. The average molecular weight is 1420 g/mol. The van der Waals surface area contributed by atoms with Gasteiger partial charge in [0.1, 0.15) is 54.9 Å². The van der Waals surface area contributed by atoms with Gasteiger partial charge in [0.2, 0.25) is 0 Å². The van der Waals surface area contributed by atoms with Crippen LogP contribution in [0.15, 0.2) is 0 Å². The molecule has 0 amide bonds. The summed E-state index contributed by atoms with van der Waals surface area (Å²) in [5.41, 5.74) is -2.00. The van der Waals surface area contributed by atoms with Gasteiger partial charge < -0.3 is 42.6 Å². The van der Waals surface area contributed by atoms with Crippen molar-refractivity contribution in [3.63, 3.8) is 0 Å². The van der Waals surface area contributed by atoms with Gasteiger partial charge in [0.15, 0.2) is 0 Å². The van der Waals surface area contributed by atoms with Crippen LogP contribution in [0.1, 0.15) is 277 Å². The van der Waals surface area contributed by atoms with Gasteiger partial charge in [-0.15, -0.1) is 0 Å². The van der Waals surface area contributed by atoms with Gasteiger partial charge in [-0.2, -0.15) is 0 Å². The zero-order valence-electron chi connectivity index (χ0n) is 64.5. The van der Waals surface area contributed by atoms with Crippen molar-refractivity contribution < 1.29 is 85.8 Å². The maximum absolute atomic E-state index is 14.4. The Kier molecular flexibility index (Phi) is 21.0. The van der Waals surface area contributed by atoms with Crippen LogP contribution in [-0.4, -0.2) is 109 Å². The molecule has 0 aromatic carbocycles. The van der Waals surface area contributed by atoms with E-state index in [0.29, 0.717) is 96.3 Å². The van der Waals surface area contributed by atoms with Crippen LogP contribution in [0.5, 0.6) is 0 Å². The van der Waals surface area contributed by atoms with Crippen molar-refractivity contribution in [2.45, 2.75) is 332 Å². The highest BCUT2D eigenvalue weighted by Gasteiger charge is 2.72. The molecule has 570 valence electrons. The van der Waals surface area contributed by atoms with Crippen LogP contribution >= 0.6 is 0 Å². The third kappa shape index (κ3) is 13.2. The maximum Gasteiger partial charge on any atom is 0.306 e. The fourth-order valence-electron chi connectivity index (χ4n) is 29.0. The molecule has 33 atom stereocenters. The molecule has 0 aromatic rings. The highest BCUT2D eigenvalue weighted by atomic mass is 16.6. The van der Waals surface area contributed by atoms with Crippen molar-refractivity contribution in [3.8, 4) is 0 Å². The molecule has 16 rings (SSSR count). The zero-order chi connectivity index (χ0) is 73.2. The molecular formula is C84H126O18. The van der Waals surface area contributed by atoms with Crippen molar-refractivity contribution in [2.24, 2.45) is 139 Å². The summed E-state index contributed by atoms with van der Waals surface area (Å²) >= 11 is 0. The van der Waals surface area contributed by atoms with Gasteiger partial charge in [-0.1, -0.05) is 62.3 Å². The lowest BCUT2D eigenvalue weighted by Crippen LogP contribution is -2.63. The van der Waals surface area contributed by atoms with E-state index in [4.69, 9.17) is 42.6 Å². The Morgan fingerprint density at radius 2 is 0.539 bits per heavy atom. The van der Waals surface area contributed by atoms with Crippen LogP contribution < -0.4 is 0 Å². The Morgan fingerprint density at radius 3 is 0.775 bits per heavy atom. The molecule has 12 saturated carbocycles. The minimum Gasteiger partial charge on any atom is -0.462 e. The lowest BCUT2D eigenvalue weighted by molar-refractivity contribution is -0.225. The summed E-state index contributed by atoms with van der Waals surface area (Å²) in [5.74, 6) is -1.22. The van der Waals surface area contributed by atoms with E-state index in [1.807, 2.05) is 0 Å². The Balaban J connectivity index is 0.793. The molecule has 0 N–H and O–H groups in total. The van der Waals surface area contributed by atoms with E-state index in [1.165, 1.54) is 41.5 Å². The van der Waals surface area contributed by atoms with Crippen LogP contribution in [0.25, 0.3) is 0 Å². The number of carbonyl (C=O) groups excluding carboxylic acids is 9. The van der Waals surface area contributed by atoms with Crippen LogP contribution in [0.2, 0.25) is 0 Å². The highest BCUT2D eigenvalue weighted by Crippen LogP contribution is 2.74. The number of rotatable bonds is 6. The predicted octanol–water partition coefficient (Wildman–Crippen LogP) is 15.2. The Hall–Kier alpha value is -4.77. The number of esters is 9. The van der Waals surface area contributed by atoms with Gasteiger partial charge in [-0.25, -0.2) is 0 Å². The number of fused-ring (bicyclic) bond motifs is 3. The molecule has 102 heavy (non-hydrogen) atoms. The van der Waals surface area contributed by atoms with Crippen LogP contribution in [0, 0.1) is 139 Å². The van der Waals surface area contributed by atoms with Crippen LogP contribution in [0.4, 0.5) is 0 Å². The lowest BCUT2D eigenvalue weighted by atomic mass is 9.43. The summed E-state index contributed by atoms with van der Waals surface area (Å²) in [4.78, 5) is 123.